The quantitative estimate of drug-likeness (QED) is 0.853. The summed E-state index contributed by atoms with van der Waals surface area (Å²) in [5.74, 6) is 0. The lowest BCUT2D eigenvalue weighted by atomic mass is 9.81. The van der Waals surface area contributed by atoms with Gasteiger partial charge in [-0.25, -0.2) is 0 Å². The lowest BCUT2D eigenvalue weighted by Gasteiger charge is -2.36. The van der Waals surface area contributed by atoms with E-state index < -0.39 is 0 Å². The first-order valence-electron chi connectivity index (χ1n) is 6.37. The first-order valence-corrected chi connectivity index (χ1v) is 6.37. The SMILES string of the molecule is CC(NC(C)(C)CC(C)(C)C)c1ccncc1. The summed E-state index contributed by atoms with van der Waals surface area (Å²) in [5.41, 5.74) is 1.78. The van der Waals surface area contributed by atoms with Crippen LogP contribution >= 0.6 is 0 Å². The molecule has 0 radical (unpaired) electrons. The van der Waals surface area contributed by atoms with E-state index in [1.807, 2.05) is 12.4 Å². The van der Waals surface area contributed by atoms with Crippen molar-refractivity contribution in [2.75, 3.05) is 0 Å². The minimum atomic E-state index is 0.140. The summed E-state index contributed by atoms with van der Waals surface area (Å²) in [6.07, 6.45) is 4.85. The predicted molar refractivity (Wildman–Crippen MR) is 73.9 cm³/mol. The Bertz CT molecular complexity index is 336. The Kier molecular flexibility index (Phi) is 4.31. The number of aromatic nitrogens is 1. The number of nitrogens with zero attached hydrogens (tertiary/aromatic N) is 1. The zero-order chi connectivity index (χ0) is 13.1. The number of pyridine rings is 1. The van der Waals surface area contributed by atoms with Crippen LogP contribution in [0.2, 0.25) is 0 Å². The van der Waals surface area contributed by atoms with Gasteiger partial charge in [0.25, 0.3) is 0 Å². The van der Waals surface area contributed by atoms with E-state index in [0.717, 1.165) is 6.42 Å². The van der Waals surface area contributed by atoms with Gasteiger partial charge in [-0.05, 0) is 50.3 Å². The highest BCUT2D eigenvalue weighted by Crippen LogP contribution is 2.28. The zero-order valence-corrected chi connectivity index (χ0v) is 12.0. The number of rotatable bonds is 4. The van der Waals surface area contributed by atoms with E-state index in [4.69, 9.17) is 0 Å². The number of hydrogen-bond donors (Lipinski definition) is 1. The summed E-state index contributed by atoms with van der Waals surface area (Å²) in [4.78, 5) is 4.06. The van der Waals surface area contributed by atoms with Gasteiger partial charge in [0.2, 0.25) is 0 Å². The van der Waals surface area contributed by atoms with Gasteiger partial charge in [0.05, 0.1) is 0 Å². The molecule has 96 valence electrons. The highest BCUT2D eigenvalue weighted by atomic mass is 15.0. The van der Waals surface area contributed by atoms with Gasteiger partial charge in [0, 0.05) is 24.0 Å². The lowest BCUT2D eigenvalue weighted by Crippen LogP contribution is -2.43. The van der Waals surface area contributed by atoms with Gasteiger partial charge in [0.1, 0.15) is 0 Å². The van der Waals surface area contributed by atoms with E-state index in [1.165, 1.54) is 5.56 Å². The van der Waals surface area contributed by atoms with Crippen molar-refractivity contribution < 1.29 is 0 Å². The summed E-state index contributed by atoms with van der Waals surface area (Å²) in [6.45, 7) is 13.6. The standard InChI is InChI=1S/C15H26N2/c1-12(13-7-9-16-10-8-13)17-15(5,6)11-14(2,3)4/h7-10,12,17H,11H2,1-6H3. The maximum absolute atomic E-state index is 4.06. The fourth-order valence-electron chi connectivity index (χ4n) is 2.70. The molecule has 2 nitrogen and oxygen atoms in total. The third kappa shape index (κ3) is 5.31. The van der Waals surface area contributed by atoms with Crippen LogP contribution in [0.1, 0.15) is 59.6 Å². The zero-order valence-electron chi connectivity index (χ0n) is 12.0. The van der Waals surface area contributed by atoms with E-state index in [1.54, 1.807) is 0 Å². The van der Waals surface area contributed by atoms with Crippen LogP contribution in [-0.4, -0.2) is 10.5 Å². The second-order valence-electron chi connectivity index (χ2n) is 6.77. The monoisotopic (exact) mass is 234 g/mol. The number of hydrogen-bond acceptors (Lipinski definition) is 2. The first-order chi connectivity index (χ1) is 7.70. The van der Waals surface area contributed by atoms with Gasteiger partial charge in [-0.15, -0.1) is 0 Å². The van der Waals surface area contributed by atoms with Crippen LogP contribution in [0.15, 0.2) is 24.5 Å². The van der Waals surface area contributed by atoms with Crippen LogP contribution in [0.4, 0.5) is 0 Å². The highest BCUT2D eigenvalue weighted by Gasteiger charge is 2.26. The molecule has 1 rings (SSSR count). The summed E-state index contributed by atoms with van der Waals surface area (Å²) >= 11 is 0. The molecular formula is C15H26N2. The van der Waals surface area contributed by atoms with Crippen LogP contribution in [0.3, 0.4) is 0 Å². The third-order valence-electron chi connectivity index (χ3n) is 2.79. The Morgan fingerprint density at radius 2 is 1.65 bits per heavy atom. The molecule has 0 saturated carbocycles. The lowest BCUT2D eigenvalue weighted by molar-refractivity contribution is 0.227. The summed E-state index contributed by atoms with van der Waals surface area (Å²) in [6, 6.07) is 4.51. The Hall–Kier alpha value is -0.890. The summed E-state index contributed by atoms with van der Waals surface area (Å²) in [7, 11) is 0. The van der Waals surface area contributed by atoms with Crippen LogP contribution < -0.4 is 5.32 Å². The van der Waals surface area contributed by atoms with Crippen molar-refractivity contribution in [3.8, 4) is 0 Å². The van der Waals surface area contributed by atoms with Crippen molar-refractivity contribution in [1.82, 2.24) is 10.3 Å². The molecule has 1 unspecified atom stereocenters. The van der Waals surface area contributed by atoms with Crippen molar-refractivity contribution in [3.05, 3.63) is 30.1 Å². The molecule has 0 amide bonds. The van der Waals surface area contributed by atoms with E-state index in [2.05, 4.69) is 64.0 Å². The average Bonchev–Trinajstić information content (AvgIpc) is 2.14. The van der Waals surface area contributed by atoms with Gasteiger partial charge in [-0.1, -0.05) is 20.8 Å². The molecular weight excluding hydrogens is 208 g/mol. The molecule has 0 aliphatic rings. The fourth-order valence-corrected chi connectivity index (χ4v) is 2.70. The van der Waals surface area contributed by atoms with E-state index in [9.17, 15) is 0 Å². The molecule has 17 heavy (non-hydrogen) atoms. The Morgan fingerprint density at radius 3 is 2.12 bits per heavy atom. The van der Waals surface area contributed by atoms with Crippen LogP contribution in [0, 0.1) is 5.41 Å². The van der Waals surface area contributed by atoms with E-state index in [0.29, 0.717) is 11.5 Å². The molecule has 1 aromatic heterocycles. The molecule has 0 aliphatic heterocycles. The van der Waals surface area contributed by atoms with E-state index >= 15 is 0 Å². The molecule has 1 N–H and O–H groups in total. The van der Waals surface area contributed by atoms with Gasteiger partial charge < -0.3 is 5.32 Å². The minimum absolute atomic E-state index is 0.140. The van der Waals surface area contributed by atoms with Crippen LogP contribution in [0.25, 0.3) is 0 Å². The van der Waals surface area contributed by atoms with Crippen LogP contribution in [-0.2, 0) is 0 Å². The second-order valence-corrected chi connectivity index (χ2v) is 6.77. The molecule has 0 fully saturated rings. The first kappa shape index (κ1) is 14.2. The molecule has 2 heteroatoms. The van der Waals surface area contributed by atoms with Crippen molar-refractivity contribution in [1.29, 1.82) is 0 Å². The maximum atomic E-state index is 4.06. The van der Waals surface area contributed by atoms with Gasteiger partial charge in [-0.2, -0.15) is 0 Å². The molecule has 1 heterocycles. The third-order valence-corrected chi connectivity index (χ3v) is 2.79. The molecule has 0 spiro atoms. The van der Waals surface area contributed by atoms with Crippen molar-refractivity contribution in [2.45, 2.75) is 59.5 Å². The topological polar surface area (TPSA) is 24.9 Å². The normalized spacial score (nSPS) is 14.7. The molecule has 0 aliphatic carbocycles. The average molecular weight is 234 g/mol. The number of nitrogens with one attached hydrogen (secondary N) is 1. The van der Waals surface area contributed by atoms with Gasteiger partial charge in [0.15, 0.2) is 0 Å². The molecule has 1 aromatic rings. The maximum Gasteiger partial charge on any atom is 0.0297 e. The summed E-state index contributed by atoms with van der Waals surface area (Å²) < 4.78 is 0. The Labute approximate surface area is 106 Å². The highest BCUT2D eigenvalue weighted by molar-refractivity contribution is 5.14. The predicted octanol–water partition coefficient (Wildman–Crippen LogP) is 3.95. The van der Waals surface area contributed by atoms with Crippen molar-refractivity contribution in [2.24, 2.45) is 5.41 Å². The van der Waals surface area contributed by atoms with Gasteiger partial charge >= 0.3 is 0 Å². The fraction of sp³-hybridized carbons (Fsp3) is 0.667. The summed E-state index contributed by atoms with van der Waals surface area (Å²) in [5, 5.41) is 3.70. The smallest absolute Gasteiger partial charge is 0.0297 e. The molecule has 1 atom stereocenters. The second kappa shape index (κ2) is 5.18. The molecule has 0 bridgehead atoms. The molecule has 0 aromatic carbocycles. The van der Waals surface area contributed by atoms with E-state index in [-0.39, 0.29) is 5.54 Å². The van der Waals surface area contributed by atoms with Crippen LogP contribution in [0.5, 0.6) is 0 Å². The minimum Gasteiger partial charge on any atom is -0.305 e. The Morgan fingerprint density at radius 1 is 1.12 bits per heavy atom. The molecule has 0 saturated heterocycles. The van der Waals surface area contributed by atoms with Gasteiger partial charge in [-0.3, -0.25) is 4.98 Å². The largest absolute Gasteiger partial charge is 0.305 e. The van der Waals surface area contributed by atoms with Crippen molar-refractivity contribution in [3.63, 3.8) is 0 Å². The Balaban J connectivity index is 2.65. The van der Waals surface area contributed by atoms with Crippen molar-refractivity contribution >= 4 is 0 Å².